The van der Waals surface area contributed by atoms with Gasteiger partial charge in [-0.1, -0.05) is 75.2 Å². The predicted octanol–water partition coefficient (Wildman–Crippen LogP) is 8.17. The van der Waals surface area contributed by atoms with E-state index in [9.17, 15) is 0 Å². The number of hydrogen-bond acceptors (Lipinski definition) is 1. The molecule has 1 nitrogen and oxygen atoms in total. The highest BCUT2D eigenvalue weighted by Crippen LogP contribution is 2.62. The van der Waals surface area contributed by atoms with Gasteiger partial charge >= 0.3 is 0 Å². The van der Waals surface area contributed by atoms with Crippen molar-refractivity contribution in [1.29, 1.82) is 0 Å². The van der Waals surface area contributed by atoms with E-state index in [0.29, 0.717) is 5.92 Å². The minimum atomic E-state index is 0.00341. The summed E-state index contributed by atoms with van der Waals surface area (Å²) in [6.07, 6.45) is 11.4. The number of nitrogens with zero attached hydrogens (tertiary/aromatic N) is 1. The van der Waals surface area contributed by atoms with Crippen LogP contribution in [0.5, 0.6) is 0 Å². The summed E-state index contributed by atoms with van der Waals surface area (Å²) in [7, 11) is 0. The quantitative estimate of drug-likeness (QED) is 0.238. The van der Waals surface area contributed by atoms with E-state index in [4.69, 9.17) is 4.99 Å². The minimum absolute atomic E-state index is 0.00341. The molecule has 1 heteroatoms. The Balaban J connectivity index is 2.10. The Bertz CT molecular complexity index is 970. The van der Waals surface area contributed by atoms with Crippen molar-refractivity contribution in [2.75, 3.05) is 0 Å². The van der Waals surface area contributed by atoms with E-state index < -0.39 is 0 Å². The van der Waals surface area contributed by atoms with Gasteiger partial charge in [-0.05, 0) is 72.3 Å². The lowest BCUT2D eigenvalue weighted by Crippen LogP contribution is -2.31. The first-order valence-electron chi connectivity index (χ1n) is 10.9. The van der Waals surface area contributed by atoms with Crippen molar-refractivity contribution in [2.45, 2.75) is 51.9 Å². The van der Waals surface area contributed by atoms with Crippen molar-refractivity contribution in [1.82, 2.24) is 0 Å². The maximum absolute atomic E-state index is 4.70. The van der Waals surface area contributed by atoms with E-state index in [-0.39, 0.29) is 17.3 Å². The molecule has 3 rings (SSSR count). The van der Waals surface area contributed by atoms with E-state index in [1.54, 1.807) is 0 Å². The van der Waals surface area contributed by atoms with E-state index in [2.05, 4.69) is 64.1 Å². The van der Waals surface area contributed by atoms with Crippen LogP contribution >= 0.6 is 0 Å². The van der Waals surface area contributed by atoms with Gasteiger partial charge in [0.1, 0.15) is 0 Å². The van der Waals surface area contributed by atoms with E-state index in [1.807, 2.05) is 32.2 Å². The van der Waals surface area contributed by atoms with Gasteiger partial charge in [0, 0.05) is 23.7 Å². The summed E-state index contributed by atoms with van der Waals surface area (Å²) in [5, 5.41) is 0. The van der Waals surface area contributed by atoms with Crippen LogP contribution in [0.15, 0.2) is 91.2 Å². The first kappa shape index (κ1) is 22.0. The smallest absolute Gasteiger partial charge is 0.0470 e. The molecule has 1 fully saturated rings. The van der Waals surface area contributed by atoms with Crippen LogP contribution in [0.4, 0.5) is 0 Å². The highest BCUT2D eigenvalue weighted by molar-refractivity contribution is 5.77. The predicted molar refractivity (Wildman–Crippen MR) is 133 cm³/mol. The maximum atomic E-state index is 4.70. The van der Waals surface area contributed by atoms with Crippen LogP contribution in [0.1, 0.15) is 68.6 Å². The van der Waals surface area contributed by atoms with Gasteiger partial charge in [0.15, 0.2) is 0 Å². The van der Waals surface area contributed by atoms with Crippen molar-refractivity contribution in [3.63, 3.8) is 0 Å². The topological polar surface area (TPSA) is 12.4 Å². The molecule has 0 saturated heterocycles. The molecule has 2 aliphatic carbocycles. The molecular weight excluding hydrogens is 362 g/mol. The van der Waals surface area contributed by atoms with E-state index >= 15 is 0 Å². The monoisotopic (exact) mass is 397 g/mol. The summed E-state index contributed by atoms with van der Waals surface area (Å²) in [6.45, 7) is 27.3. The zero-order valence-corrected chi connectivity index (χ0v) is 18.9. The average molecular weight is 398 g/mol. The molecule has 0 aliphatic heterocycles. The number of rotatable bonds is 8. The fourth-order valence-corrected chi connectivity index (χ4v) is 5.50. The second kappa shape index (κ2) is 8.60. The molecule has 0 N–H and O–H groups in total. The average Bonchev–Trinajstić information content (AvgIpc) is 3.07. The van der Waals surface area contributed by atoms with Gasteiger partial charge in [-0.3, -0.25) is 4.99 Å². The molecule has 4 atom stereocenters. The summed E-state index contributed by atoms with van der Waals surface area (Å²) >= 11 is 0. The van der Waals surface area contributed by atoms with E-state index in [1.165, 1.54) is 36.0 Å². The van der Waals surface area contributed by atoms with Crippen molar-refractivity contribution in [3.8, 4) is 0 Å². The van der Waals surface area contributed by atoms with E-state index in [0.717, 1.165) is 22.4 Å². The number of allylic oxidation sites excluding steroid dienone is 5. The molecule has 0 spiro atoms. The van der Waals surface area contributed by atoms with Crippen LogP contribution in [-0.2, 0) is 0 Å². The molecule has 0 amide bonds. The molecule has 0 aromatic heterocycles. The zero-order chi connectivity index (χ0) is 22.1. The fourth-order valence-electron chi connectivity index (χ4n) is 5.50. The summed E-state index contributed by atoms with van der Waals surface area (Å²) in [4.78, 5) is 4.70. The molecule has 2 aliphatic rings. The lowest BCUT2D eigenvalue weighted by Gasteiger charge is -2.43. The van der Waals surface area contributed by atoms with Gasteiger partial charge in [-0.2, -0.15) is 0 Å². The molecule has 1 saturated carbocycles. The SMILES string of the molecule is C=CC(=C)c1ccc2c(c1)C(C(=C)C(C=C)C(=C/C)/N=C\C(=C)C)[C@@]1(C)CCC2C1. The van der Waals surface area contributed by atoms with Crippen LogP contribution in [0.3, 0.4) is 0 Å². The van der Waals surface area contributed by atoms with Crippen molar-refractivity contribution in [2.24, 2.45) is 16.3 Å². The van der Waals surface area contributed by atoms with Crippen LogP contribution in [0, 0.1) is 11.3 Å². The molecule has 1 aromatic carbocycles. The molecule has 156 valence electrons. The standard InChI is InChI=1S/C29H35N/c1-9-20(6)22-12-13-25-23-14-15-29(8,17-23)28(26(25)16-22)21(7)24(10-2)27(11-3)30-18-19(4)5/h9-13,16,18,23-24,28H,1-2,4,6-7,14-15,17H2,3,5,8H3/b27-11-,30-18-/t23?,24?,28?,29-/m0/s1. The lowest BCUT2D eigenvalue weighted by atomic mass is 9.61. The molecule has 30 heavy (non-hydrogen) atoms. The molecule has 0 heterocycles. The number of hydrogen-bond donors (Lipinski definition) is 0. The Labute approximate surface area is 183 Å². The van der Waals surface area contributed by atoms with Gasteiger partial charge in [0.05, 0.1) is 0 Å². The summed E-state index contributed by atoms with van der Waals surface area (Å²) < 4.78 is 0. The molecular formula is C29H35N. The minimum Gasteiger partial charge on any atom is -0.260 e. The zero-order valence-electron chi connectivity index (χ0n) is 18.9. The normalized spacial score (nSPS) is 26.2. The number of benzene rings is 1. The molecule has 2 bridgehead atoms. The van der Waals surface area contributed by atoms with Gasteiger partial charge in [0.2, 0.25) is 0 Å². The van der Waals surface area contributed by atoms with Crippen LogP contribution < -0.4 is 0 Å². The molecule has 1 aromatic rings. The van der Waals surface area contributed by atoms with Crippen molar-refractivity contribution < 1.29 is 0 Å². The molecule has 0 radical (unpaired) electrons. The summed E-state index contributed by atoms with van der Waals surface area (Å²) in [5.41, 5.74) is 8.30. The Morgan fingerprint density at radius 1 is 1.20 bits per heavy atom. The highest BCUT2D eigenvalue weighted by atomic mass is 14.7. The summed E-state index contributed by atoms with van der Waals surface area (Å²) in [6, 6.07) is 6.84. The van der Waals surface area contributed by atoms with Gasteiger partial charge < -0.3 is 0 Å². The first-order valence-corrected chi connectivity index (χ1v) is 10.9. The maximum Gasteiger partial charge on any atom is 0.0470 e. The van der Waals surface area contributed by atoms with Crippen LogP contribution in [0.25, 0.3) is 5.57 Å². The van der Waals surface area contributed by atoms with Gasteiger partial charge in [-0.25, -0.2) is 0 Å². The van der Waals surface area contributed by atoms with Crippen LogP contribution in [-0.4, -0.2) is 6.21 Å². The summed E-state index contributed by atoms with van der Waals surface area (Å²) in [5.74, 6) is 0.912. The third kappa shape index (κ3) is 3.86. The third-order valence-electron chi connectivity index (χ3n) is 6.98. The van der Waals surface area contributed by atoms with Gasteiger partial charge in [-0.15, -0.1) is 6.58 Å². The lowest BCUT2D eigenvalue weighted by molar-refractivity contribution is 0.265. The Kier molecular flexibility index (Phi) is 6.31. The highest BCUT2D eigenvalue weighted by Gasteiger charge is 2.49. The Morgan fingerprint density at radius 2 is 1.93 bits per heavy atom. The first-order chi connectivity index (χ1) is 14.3. The second-order valence-corrected chi connectivity index (χ2v) is 9.21. The van der Waals surface area contributed by atoms with Gasteiger partial charge in [0.25, 0.3) is 0 Å². The number of fused-ring (bicyclic) bond motifs is 4. The molecule has 3 unspecified atom stereocenters. The van der Waals surface area contributed by atoms with Crippen molar-refractivity contribution >= 4 is 11.8 Å². The number of aliphatic imine (C=N–C) groups is 1. The van der Waals surface area contributed by atoms with Crippen LogP contribution in [0.2, 0.25) is 0 Å². The second-order valence-electron chi connectivity index (χ2n) is 9.21. The largest absolute Gasteiger partial charge is 0.260 e. The Hall–Kier alpha value is -2.67. The third-order valence-corrected chi connectivity index (χ3v) is 6.98. The fraction of sp³-hybridized carbons (Fsp3) is 0.345. The van der Waals surface area contributed by atoms with Crippen molar-refractivity contribution in [3.05, 3.63) is 103 Å². The Morgan fingerprint density at radius 3 is 2.53 bits per heavy atom.